The summed E-state index contributed by atoms with van der Waals surface area (Å²) in [7, 11) is 2.83. The molecule has 39 heavy (non-hydrogen) atoms. The molecule has 6 N–H and O–H groups in total. The normalized spacial score (nSPS) is 28.5. The number of carbonyl (C=O) groups is 1. The maximum atomic E-state index is 13.6. The van der Waals surface area contributed by atoms with E-state index in [1.165, 1.54) is 20.2 Å². The summed E-state index contributed by atoms with van der Waals surface area (Å²) < 4.78 is 17.4. The standard InChI is InChI=1S/C28H32N2O9/c1-12-15(32)7-8-19(38-12)39-17-10-28(36,18(11-31)30-2)9-14-21(17)27(35)22-23(26(14)34)25(33)13-5-4-6-16(37-3)20(13)24(22)29/h4-6,12,15,17,19,29,31-32,34-36H,7-11H2,1-3H3/t12-,15-,17-,19-,28-/m0/s1. The molecule has 0 unspecified atom stereocenters. The molecule has 2 aromatic rings. The van der Waals surface area contributed by atoms with Gasteiger partial charge in [0.05, 0.1) is 60.1 Å². The fourth-order valence-electron chi connectivity index (χ4n) is 5.95. The number of benzene rings is 2. The third-order valence-electron chi connectivity index (χ3n) is 8.00. The van der Waals surface area contributed by atoms with Crippen LogP contribution in [0.4, 0.5) is 0 Å². The number of fused-ring (bicyclic) bond motifs is 3. The fraction of sp³-hybridized carbons (Fsp3) is 0.464. The molecule has 2 aliphatic carbocycles. The second-order valence-corrected chi connectivity index (χ2v) is 10.2. The Hall–Kier alpha value is -3.35. The van der Waals surface area contributed by atoms with Gasteiger partial charge in [0.25, 0.3) is 0 Å². The van der Waals surface area contributed by atoms with E-state index in [0.717, 1.165) is 0 Å². The van der Waals surface area contributed by atoms with E-state index in [-0.39, 0.29) is 63.4 Å². The van der Waals surface area contributed by atoms with Crippen molar-refractivity contribution in [3.8, 4) is 17.2 Å². The summed E-state index contributed by atoms with van der Waals surface area (Å²) in [5.74, 6) is -1.26. The monoisotopic (exact) mass is 540 g/mol. The van der Waals surface area contributed by atoms with Crippen LogP contribution < -0.4 is 4.74 Å². The maximum absolute atomic E-state index is 13.6. The Morgan fingerprint density at radius 3 is 2.59 bits per heavy atom. The minimum absolute atomic E-state index is 0.0425. The number of phenols is 2. The zero-order chi connectivity index (χ0) is 28.2. The van der Waals surface area contributed by atoms with Crippen LogP contribution in [0.5, 0.6) is 17.2 Å². The first kappa shape index (κ1) is 27.2. The number of aliphatic hydroxyl groups is 3. The molecule has 1 fully saturated rings. The lowest BCUT2D eigenvalue weighted by Crippen LogP contribution is -2.48. The molecular weight excluding hydrogens is 508 g/mol. The minimum Gasteiger partial charge on any atom is -0.507 e. The number of ether oxygens (including phenoxy) is 3. The van der Waals surface area contributed by atoms with Gasteiger partial charge in [0.1, 0.15) is 22.8 Å². The second kappa shape index (κ2) is 10.00. The molecule has 0 bridgehead atoms. The topological polar surface area (TPSA) is 182 Å². The lowest BCUT2D eigenvalue weighted by molar-refractivity contribution is -0.241. The Labute approximate surface area is 224 Å². The summed E-state index contributed by atoms with van der Waals surface area (Å²) >= 11 is 0. The number of carbonyl (C=O) groups excluding carboxylic acids is 1. The van der Waals surface area contributed by atoms with Gasteiger partial charge in [-0.05, 0) is 19.4 Å². The number of methoxy groups -OCH3 is 1. The Morgan fingerprint density at radius 2 is 1.95 bits per heavy atom. The first-order chi connectivity index (χ1) is 18.6. The first-order valence-corrected chi connectivity index (χ1v) is 12.8. The van der Waals surface area contributed by atoms with Crippen LogP contribution in [0.15, 0.2) is 23.2 Å². The van der Waals surface area contributed by atoms with E-state index in [2.05, 4.69) is 4.99 Å². The molecular formula is C28H32N2O9. The minimum atomic E-state index is -1.77. The van der Waals surface area contributed by atoms with Crippen LogP contribution >= 0.6 is 0 Å². The van der Waals surface area contributed by atoms with E-state index in [1.807, 2.05) is 0 Å². The summed E-state index contributed by atoms with van der Waals surface area (Å²) in [5.41, 5.74) is -1.86. The van der Waals surface area contributed by atoms with Crippen LogP contribution in [0.25, 0.3) is 0 Å². The summed E-state index contributed by atoms with van der Waals surface area (Å²) in [6.07, 6.45) is -2.75. The van der Waals surface area contributed by atoms with Crippen LogP contribution in [-0.2, 0) is 15.9 Å². The summed E-state index contributed by atoms with van der Waals surface area (Å²) in [6, 6.07) is 4.71. The highest BCUT2D eigenvalue weighted by atomic mass is 16.7. The van der Waals surface area contributed by atoms with Crippen molar-refractivity contribution in [1.29, 1.82) is 5.41 Å². The Kier molecular flexibility index (Phi) is 6.98. The van der Waals surface area contributed by atoms with Crippen molar-refractivity contribution in [3.63, 3.8) is 0 Å². The van der Waals surface area contributed by atoms with Crippen LogP contribution in [0.1, 0.15) is 70.5 Å². The molecule has 2 aromatic carbocycles. The maximum Gasteiger partial charge on any atom is 0.198 e. The van der Waals surface area contributed by atoms with E-state index in [1.54, 1.807) is 19.1 Å². The van der Waals surface area contributed by atoms with Crippen LogP contribution in [0, 0.1) is 5.41 Å². The molecule has 0 radical (unpaired) electrons. The lowest BCUT2D eigenvalue weighted by atomic mass is 9.71. The molecule has 1 saturated heterocycles. The summed E-state index contributed by atoms with van der Waals surface area (Å²) in [4.78, 5) is 17.7. The van der Waals surface area contributed by atoms with Gasteiger partial charge >= 0.3 is 0 Å². The number of aromatic hydroxyl groups is 2. The number of rotatable bonds is 5. The number of nitrogens with zero attached hydrogens (tertiary/aromatic N) is 1. The van der Waals surface area contributed by atoms with Gasteiger partial charge in [-0.3, -0.25) is 15.2 Å². The van der Waals surface area contributed by atoms with Crippen LogP contribution in [0.2, 0.25) is 0 Å². The van der Waals surface area contributed by atoms with Crippen LogP contribution in [-0.4, -0.2) is 87.6 Å². The number of phenolic OH excluding ortho intramolecular Hbond substituents is 2. The number of aliphatic hydroxyl groups excluding tert-OH is 2. The quantitative estimate of drug-likeness (QED) is 0.207. The van der Waals surface area contributed by atoms with Crippen molar-refractivity contribution >= 4 is 17.2 Å². The molecule has 0 saturated carbocycles. The number of nitrogens with one attached hydrogen (secondary N) is 1. The number of aliphatic imine (C=N–C) groups is 1. The predicted octanol–water partition coefficient (Wildman–Crippen LogP) is 1.75. The van der Waals surface area contributed by atoms with Crippen molar-refractivity contribution in [2.24, 2.45) is 4.99 Å². The average molecular weight is 541 g/mol. The van der Waals surface area contributed by atoms with Crippen molar-refractivity contribution in [2.75, 3.05) is 20.8 Å². The van der Waals surface area contributed by atoms with Crippen LogP contribution in [0.3, 0.4) is 0 Å². The zero-order valence-electron chi connectivity index (χ0n) is 21.9. The third kappa shape index (κ3) is 4.21. The van der Waals surface area contributed by atoms with Gasteiger partial charge in [-0.25, -0.2) is 0 Å². The Bertz CT molecular complexity index is 1390. The largest absolute Gasteiger partial charge is 0.507 e. The van der Waals surface area contributed by atoms with E-state index >= 15 is 0 Å². The Morgan fingerprint density at radius 1 is 1.21 bits per heavy atom. The molecule has 11 nitrogen and oxygen atoms in total. The lowest BCUT2D eigenvalue weighted by Gasteiger charge is -2.42. The van der Waals surface area contributed by atoms with Gasteiger partial charge in [0, 0.05) is 43.0 Å². The Balaban J connectivity index is 1.70. The van der Waals surface area contributed by atoms with E-state index in [0.29, 0.717) is 12.8 Å². The fourth-order valence-corrected chi connectivity index (χ4v) is 5.95. The highest BCUT2D eigenvalue weighted by molar-refractivity contribution is 6.32. The summed E-state index contributed by atoms with van der Waals surface area (Å²) in [6.45, 7) is 1.14. The highest BCUT2D eigenvalue weighted by Gasteiger charge is 2.48. The summed E-state index contributed by atoms with van der Waals surface area (Å²) in [5, 5.41) is 63.7. The highest BCUT2D eigenvalue weighted by Crippen LogP contribution is 2.52. The van der Waals surface area contributed by atoms with Crippen molar-refractivity contribution in [1.82, 2.24) is 0 Å². The molecule has 5 atom stereocenters. The molecule has 0 spiro atoms. The molecule has 1 aliphatic heterocycles. The number of ketones is 1. The van der Waals surface area contributed by atoms with Crippen molar-refractivity contribution in [3.05, 3.63) is 51.6 Å². The second-order valence-electron chi connectivity index (χ2n) is 10.2. The van der Waals surface area contributed by atoms with Gasteiger partial charge < -0.3 is 39.7 Å². The van der Waals surface area contributed by atoms with Gasteiger partial charge in [-0.15, -0.1) is 0 Å². The molecule has 11 heteroatoms. The first-order valence-electron chi connectivity index (χ1n) is 12.8. The predicted molar refractivity (Wildman–Crippen MR) is 139 cm³/mol. The van der Waals surface area contributed by atoms with Crippen molar-refractivity contribution < 1.29 is 44.5 Å². The van der Waals surface area contributed by atoms with Crippen molar-refractivity contribution in [2.45, 2.75) is 62.8 Å². The molecule has 3 aliphatic rings. The zero-order valence-corrected chi connectivity index (χ0v) is 21.9. The average Bonchev–Trinajstić information content (AvgIpc) is 2.91. The van der Waals surface area contributed by atoms with E-state index < -0.39 is 54.1 Å². The van der Waals surface area contributed by atoms with Gasteiger partial charge in [0.15, 0.2) is 12.1 Å². The SMILES string of the molecule is CN=C(CO)[C@]1(O)Cc2c(O)c3c(c(O)c2[C@@H](O[C@H]2CC[C@H](O)[C@H](C)O2)C1)C(=N)c1c(OC)cccc1C3=O. The molecule has 208 valence electrons. The smallest absolute Gasteiger partial charge is 0.198 e. The molecule has 0 aromatic heterocycles. The van der Waals surface area contributed by atoms with Gasteiger partial charge in [-0.1, -0.05) is 12.1 Å². The van der Waals surface area contributed by atoms with Gasteiger partial charge in [0.2, 0.25) is 0 Å². The molecule has 1 heterocycles. The number of hydrogen-bond acceptors (Lipinski definition) is 11. The van der Waals surface area contributed by atoms with Gasteiger partial charge in [-0.2, -0.15) is 0 Å². The van der Waals surface area contributed by atoms with E-state index in [9.17, 15) is 30.3 Å². The molecule has 0 amide bonds. The van der Waals surface area contributed by atoms with E-state index in [4.69, 9.17) is 19.6 Å². The third-order valence-corrected chi connectivity index (χ3v) is 8.00. The number of hydrogen-bond donors (Lipinski definition) is 6. The molecule has 5 rings (SSSR count).